The fourth-order valence-corrected chi connectivity index (χ4v) is 4.01. The number of anilines is 1. The minimum absolute atomic E-state index is 0.291. The predicted molar refractivity (Wildman–Crippen MR) is 113 cm³/mol. The molecule has 1 aromatic carbocycles. The van der Waals surface area contributed by atoms with Crippen molar-refractivity contribution in [3.8, 4) is 0 Å². The molecule has 1 aromatic rings. The van der Waals surface area contributed by atoms with Gasteiger partial charge >= 0.3 is 11.9 Å². The van der Waals surface area contributed by atoms with Gasteiger partial charge in [-0.25, -0.2) is 4.79 Å². The number of nitrogen functional groups attached to an aromatic ring is 1. The van der Waals surface area contributed by atoms with E-state index in [1.54, 1.807) is 6.07 Å². The van der Waals surface area contributed by atoms with Gasteiger partial charge < -0.3 is 15.2 Å². The number of benzene rings is 1. The number of halogens is 1. The fourth-order valence-electron chi connectivity index (χ4n) is 3.51. The summed E-state index contributed by atoms with van der Waals surface area (Å²) in [5.74, 6) is -0.663. The fraction of sp³-hybridized carbons (Fsp3) is 0.619. The molecule has 0 bridgehead atoms. The standard InChI is InChI=1S/C21H31BrN2O4/c1-15(25)27-10-6-7-11-28-21(26)16-12-17(20(23)19(22)13-16)14-24(2)18-8-4-3-5-9-18/h12-13,18H,3-11,14,23H2,1-2H3. The zero-order valence-corrected chi connectivity index (χ0v) is 18.4. The minimum Gasteiger partial charge on any atom is -0.466 e. The first-order chi connectivity index (χ1) is 13.4. The molecule has 1 fully saturated rings. The molecule has 0 aromatic heterocycles. The van der Waals surface area contributed by atoms with Gasteiger partial charge in [0.25, 0.3) is 0 Å². The van der Waals surface area contributed by atoms with Crippen LogP contribution in [0.15, 0.2) is 16.6 Å². The Labute approximate surface area is 175 Å². The lowest BCUT2D eigenvalue weighted by Crippen LogP contribution is -2.33. The van der Waals surface area contributed by atoms with E-state index in [-0.39, 0.29) is 11.9 Å². The van der Waals surface area contributed by atoms with Gasteiger partial charge in [0.15, 0.2) is 0 Å². The zero-order chi connectivity index (χ0) is 20.5. The van der Waals surface area contributed by atoms with Gasteiger partial charge in [-0.3, -0.25) is 9.69 Å². The summed E-state index contributed by atoms with van der Waals surface area (Å²) in [6.07, 6.45) is 7.61. The quantitative estimate of drug-likeness (QED) is 0.340. The number of nitrogens with zero attached hydrogens (tertiary/aromatic N) is 1. The number of rotatable bonds is 9. The van der Waals surface area contributed by atoms with Gasteiger partial charge in [-0.1, -0.05) is 19.3 Å². The van der Waals surface area contributed by atoms with Crippen molar-refractivity contribution < 1.29 is 19.1 Å². The van der Waals surface area contributed by atoms with Crippen molar-refractivity contribution in [2.75, 3.05) is 26.0 Å². The Morgan fingerprint density at radius 3 is 2.43 bits per heavy atom. The molecule has 0 saturated heterocycles. The largest absolute Gasteiger partial charge is 0.466 e. The summed E-state index contributed by atoms with van der Waals surface area (Å²) in [6.45, 7) is 2.72. The van der Waals surface area contributed by atoms with E-state index in [4.69, 9.17) is 15.2 Å². The lowest BCUT2D eigenvalue weighted by atomic mass is 9.94. The van der Waals surface area contributed by atoms with Gasteiger partial charge in [-0.2, -0.15) is 0 Å². The van der Waals surface area contributed by atoms with Crippen LogP contribution in [0.25, 0.3) is 0 Å². The van der Waals surface area contributed by atoms with Gasteiger partial charge in [0, 0.05) is 24.0 Å². The summed E-state index contributed by atoms with van der Waals surface area (Å²) < 4.78 is 10.9. The molecule has 0 unspecified atom stereocenters. The number of carbonyl (C=O) groups is 2. The molecule has 0 aliphatic heterocycles. The lowest BCUT2D eigenvalue weighted by Gasteiger charge is -2.31. The molecule has 2 N–H and O–H groups in total. The summed E-state index contributed by atoms with van der Waals surface area (Å²) in [4.78, 5) is 25.5. The van der Waals surface area contributed by atoms with E-state index in [0.717, 1.165) is 5.56 Å². The summed E-state index contributed by atoms with van der Waals surface area (Å²) in [5, 5.41) is 0. The molecule has 7 heteroatoms. The van der Waals surface area contributed by atoms with Crippen LogP contribution < -0.4 is 5.73 Å². The normalized spacial score (nSPS) is 14.9. The molecule has 1 aliphatic carbocycles. The number of nitrogens with two attached hydrogens (primary N) is 1. The lowest BCUT2D eigenvalue weighted by molar-refractivity contribution is -0.141. The van der Waals surface area contributed by atoms with Crippen molar-refractivity contribution in [1.82, 2.24) is 4.90 Å². The molecule has 6 nitrogen and oxygen atoms in total. The van der Waals surface area contributed by atoms with Crippen LogP contribution in [0.2, 0.25) is 0 Å². The van der Waals surface area contributed by atoms with Crippen molar-refractivity contribution in [3.05, 3.63) is 27.7 Å². The predicted octanol–water partition coefficient (Wildman–Crippen LogP) is 4.30. The minimum atomic E-state index is -0.366. The summed E-state index contributed by atoms with van der Waals surface area (Å²) in [7, 11) is 2.12. The maximum atomic E-state index is 12.4. The van der Waals surface area contributed by atoms with E-state index in [1.807, 2.05) is 6.07 Å². The third-order valence-corrected chi connectivity index (χ3v) is 5.80. The second-order valence-corrected chi connectivity index (χ2v) is 8.28. The highest BCUT2D eigenvalue weighted by Crippen LogP contribution is 2.29. The number of hydrogen-bond acceptors (Lipinski definition) is 6. The van der Waals surface area contributed by atoms with Crippen LogP contribution >= 0.6 is 15.9 Å². The van der Waals surface area contributed by atoms with Crippen molar-refractivity contribution in [2.45, 2.75) is 64.5 Å². The highest BCUT2D eigenvalue weighted by atomic mass is 79.9. The van der Waals surface area contributed by atoms with Crippen LogP contribution in [-0.2, 0) is 20.8 Å². The van der Waals surface area contributed by atoms with Gasteiger partial charge in [-0.05, 0) is 66.4 Å². The van der Waals surface area contributed by atoms with Crippen molar-refractivity contribution >= 4 is 33.6 Å². The molecule has 2 rings (SSSR count). The third-order valence-electron chi connectivity index (χ3n) is 5.15. The molecule has 0 atom stereocenters. The summed E-state index contributed by atoms with van der Waals surface area (Å²) in [6, 6.07) is 4.11. The van der Waals surface area contributed by atoms with E-state index in [1.165, 1.54) is 39.0 Å². The number of ether oxygens (including phenoxy) is 2. The van der Waals surface area contributed by atoms with Crippen LogP contribution in [0, 0.1) is 0 Å². The number of esters is 2. The van der Waals surface area contributed by atoms with Crippen LogP contribution in [0.1, 0.15) is 67.8 Å². The first kappa shape index (κ1) is 22.7. The molecular weight excluding hydrogens is 424 g/mol. The average molecular weight is 455 g/mol. The highest BCUT2D eigenvalue weighted by molar-refractivity contribution is 9.10. The maximum Gasteiger partial charge on any atom is 0.338 e. The smallest absolute Gasteiger partial charge is 0.338 e. The van der Waals surface area contributed by atoms with Crippen molar-refractivity contribution in [3.63, 3.8) is 0 Å². The number of carbonyl (C=O) groups excluding carboxylic acids is 2. The number of hydrogen-bond donors (Lipinski definition) is 1. The van der Waals surface area contributed by atoms with E-state index in [9.17, 15) is 9.59 Å². The number of unbranched alkanes of at least 4 members (excludes halogenated alkanes) is 1. The Morgan fingerprint density at radius 2 is 1.79 bits per heavy atom. The van der Waals surface area contributed by atoms with E-state index >= 15 is 0 Å². The molecule has 1 aliphatic rings. The molecule has 1 saturated carbocycles. The molecule has 28 heavy (non-hydrogen) atoms. The summed E-state index contributed by atoms with van der Waals surface area (Å²) in [5.41, 5.74) is 8.34. The van der Waals surface area contributed by atoms with Gasteiger partial charge in [0.1, 0.15) is 0 Å². The molecular formula is C21H31BrN2O4. The van der Waals surface area contributed by atoms with Crippen molar-refractivity contribution in [2.24, 2.45) is 0 Å². The van der Waals surface area contributed by atoms with Crippen LogP contribution in [0.5, 0.6) is 0 Å². The Morgan fingerprint density at radius 1 is 1.14 bits per heavy atom. The summed E-state index contributed by atoms with van der Waals surface area (Å²) >= 11 is 3.47. The van der Waals surface area contributed by atoms with Gasteiger partial charge in [-0.15, -0.1) is 0 Å². The Hall–Kier alpha value is -1.60. The Bertz CT molecular complexity index is 675. The Kier molecular flexibility index (Phi) is 9.25. The van der Waals surface area contributed by atoms with Crippen LogP contribution in [-0.4, -0.2) is 43.1 Å². The molecule has 0 radical (unpaired) electrons. The zero-order valence-electron chi connectivity index (χ0n) is 16.8. The van der Waals surface area contributed by atoms with E-state index < -0.39 is 0 Å². The average Bonchev–Trinajstić information content (AvgIpc) is 2.68. The van der Waals surface area contributed by atoms with E-state index in [2.05, 4.69) is 27.9 Å². The first-order valence-corrected chi connectivity index (χ1v) is 10.8. The second kappa shape index (κ2) is 11.4. The van der Waals surface area contributed by atoms with Crippen LogP contribution in [0.3, 0.4) is 0 Å². The molecule has 156 valence electrons. The molecule has 0 amide bonds. The topological polar surface area (TPSA) is 81.9 Å². The van der Waals surface area contributed by atoms with Crippen LogP contribution in [0.4, 0.5) is 5.69 Å². The first-order valence-electron chi connectivity index (χ1n) is 9.97. The Balaban J connectivity index is 1.91. The maximum absolute atomic E-state index is 12.4. The van der Waals surface area contributed by atoms with Crippen molar-refractivity contribution in [1.29, 1.82) is 0 Å². The monoisotopic (exact) mass is 454 g/mol. The molecule has 0 heterocycles. The highest BCUT2D eigenvalue weighted by Gasteiger charge is 2.20. The van der Waals surface area contributed by atoms with E-state index in [0.29, 0.717) is 54.4 Å². The second-order valence-electron chi connectivity index (χ2n) is 7.42. The third kappa shape index (κ3) is 7.09. The van der Waals surface area contributed by atoms with Gasteiger partial charge in [0.05, 0.1) is 24.5 Å². The SMILES string of the molecule is CC(=O)OCCCCOC(=O)c1cc(Br)c(N)c(CN(C)C2CCCCC2)c1. The van der Waals surface area contributed by atoms with Gasteiger partial charge in [0.2, 0.25) is 0 Å². The molecule has 0 spiro atoms.